The summed E-state index contributed by atoms with van der Waals surface area (Å²) in [4.78, 5) is 0.335. The van der Waals surface area contributed by atoms with Gasteiger partial charge in [-0.2, -0.15) is 4.31 Å². The summed E-state index contributed by atoms with van der Waals surface area (Å²) in [6.45, 7) is 3.41. The molecule has 1 aromatic carbocycles. The third-order valence-corrected chi connectivity index (χ3v) is 5.72. The van der Waals surface area contributed by atoms with Crippen LogP contribution in [0.2, 0.25) is 0 Å². The number of benzene rings is 1. The summed E-state index contributed by atoms with van der Waals surface area (Å²) in [5.74, 6) is 5.93. The van der Waals surface area contributed by atoms with Gasteiger partial charge in [0.25, 0.3) is 0 Å². The van der Waals surface area contributed by atoms with Crippen molar-refractivity contribution in [3.63, 3.8) is 0 Å². The van der Waals surface area contributed by atoms with Gasteiger partial charge in [-0.3, -0.25) is 5.84 Å². The van der Waals surface area contributed by atoms with E-state index in [9.17, 15) is 8.42 Å². The highest BCUT2D eigenvalue weighted by atomic mass is 32.2. The number of nitrogens with one attached hydrogen (secondary N) is 1. The molecular formula is C13H21N3O2S. The largest absolute Gasteiger partial charge is 0.324 e. The van der Waals surface area contributed by atoms with Gasteiger partial charge in [-0.25, -0.2) is 8.42 Å². The lowest BCUT2D eigenvalue weighted by Gasteiger charge is -2.30. The van der Waals surface area contributed by atoms with Crippen molar-refractivity contribution in [1.29, 1.82) is 0 Å². The van der Waals surface area contributed by atoms with Crippen LogP contribution in [0.25, 0.3) is 0 Å². The molecule has 1 aromatic rings. The Labute approximate surface area is 114 Å². The van der Waals surface area contributed by atoms with Gasteiger partial charge in [-0.1, -0.05) is 13.3 Å². The zero-order chi connectivity index (χ0) is 13.9. The first kappa shape index (κ1) is 14.3. The molecule has 0 bridgehead atoms. The molecule has 1 fully saturated rings. The van der Waals surface area contributed by atoms with E-state index < -0.39 is 10.0 Å². The first-order chi connectivity index (χ1) is 9.07. The van der Waals surface area contributed by atoms with Crippen LogP contribution in [0.1, 0.15) is 26.2 Å². The van der Waals surface area contributed by atoms with E-state index in [1.54, 1.807) is 28.6 Å². The van der Waals surface area contributed by atoms with Crippen LogP contribution in [0.3, 0.4) is 0 Å². The van der Waals surface area contributed by atoms with Gasteiger partial charge in [0.05, 0.1) is 4.90 Å². The number of sulfonamides is 1. The molecule has 1 saturated heterocycles. The van der Waals surface area contributed by atoms with Crippen molar-refractivity contribution in [2.45, 2.75) is 31.1 Å². The summed E-state index contributed by atoms with van der Waals surface area (Å²) in [5, 5.41) is 0. The van der Waals surface area contributed by atoms with Gasteiger partial charge in [0.1, 0.15) is 0 Å². The molecule has 5 nitrogen and oxygen atoms in total. The fraction of sp³-hybridized carbons (Fsp3) is 0.538. The first-order valence-corrected chi connectivity index (χ1v) is 8.08. The Morgan fingerprint density at radius 2 is 1.84 bits per heavy atom. The van der Waals surface area contributed by atoms with Crippen LogP contribution < -0.4 is 11.3 Å². The Kier molecular flexibility index (Phi) is 4.44. The quantitative estimate of drug-likeness (QED) is 0.652. The number of rotatable bonds is 4. The molecule has 0 saturated carbocycles. The highest BCUT2D eigenvalue weighted by Gasteiger charge is 2.28. The second-order valence-electron chi connectivity index (χ2n) is 4.92. The van der Waals surface area contributed by atoms with E-state index in [0.717, 1.165) is 19.3 Å². The molecule has 0 aromatic heterocycles. The summed E-state index contributed by atoms with van der Waals surface area (Å²) in [6, 6.07) is 6.53. The number of nitrogens with two attached hydrogens (primary N) is 1. The Morgan fingerprint density at radius 3 is 2.32 bits per heavy atom. The van der Waals surface area contributed by atoms with E-state index in [2.05, 4.69) is 12.3 Å². The van der Waals surface area contributed by atoms with Gasteiger partial charge in [0.2, 0.25) is 10.0 Å². The first-order valence-electron chi connectivity index (χ1n) is 6.64. The lowest BCUT2D eigenvalue weighted by atomic mass is 9.96. The molecule has 19 heavy (non-hydrogen) atoms. The van der Waals surface area contributed by atoms with Crippen molar-refractivity contribution in [2.75, 3.05) is 18.5 Å². The lowest BCUT2D eigenvalue weighted by Crippen LogP contribution is -2.38. The van der Waals surface area contributed by atoms with Gasteiger partial charge in [-0.15, -0.1) is 0 Å². The summed E-state index contributed by atoms with van der Waals surface area (Å²) in [5.41, 5.74) is 3.19. The number of hydrazine groups is 1. The summed E-state index contributed by atoms with van der Waals surface area (Å²) >= 11 is 0. The fourth-order valence-corrected chi connectivity index (χ4v) is 3.90. The van der Waals surface area contributed by atoms with E-state index in [1.807, 2.05) is 0 Å². The van der Waals surface area contributed by atoms with Gasteiger partial charge in [-0.05, 0) is 43.0 Å². The fourth-order valence-electron chi connectivity index (χ4n) is 2.43. The molecule has 3 N–H and O–H groups in total. The molecule has 0 spiro atoms. The summed E-state index contributed by atoms with van der Waals surface area (Å²) in [6.07, 6.45) is 3.04. The van der Waals surface area contributed by atoms with Crippen molar-refractivity contribution >= 4 is 15.7 Å². The topological polar surface area (TPSA) is 75.4 Å². The van der Waals surface area contributed by atoms with Crippen molar-refractivity contribution in [3.05, 3.63) is 24.3 Å². The maximum atomic E-state index is 12.5. The minimum atomic E-state index is -3.35. The van der Waals surface area contributed by atoms with Crippen LogP contribution in [0, 0.1) is 5.92 Å². The Bertz CT molecular complexity index is 505. The van der Waals surface area contributed by atoms with E-state index in [1.165, 1.54) is 0 Å². The normalized spacial score (nSPS) is 18.4. The predicted octanol–water partition coefficient (Wildman–Crippen LogP) is 1.78. The third kappa shape index (κ3) is 3.08. The molecule has 2 rings (SSSR count). The van der Waals surface area contributed by atoms with Crippen LogP contribution in [-0.4, -0.2) is 25.8 Å². The van der Waals surface area contributed by atoms with Crippen LogP contribution in [0.15, 0.2) is 29.2 Å². The molecule has 1 aliphatic heterocycles. The minimum absolute atomic E-state index is 0.335. The second-order valence-corrected chi connectivity index (χ2v) is 6.86. The molecule has 0 amide bonds. The zero-order valence-electron chi connectivity index (χ0n) is 11.2. The van der Waals surface area contributed by atoms with Crippen molar-refractivity contribution in [3.8, 4) is 0 Å². The number of piperidine rings is 1. The van der Waals surface area contributed by atoms with Crippen LogP contribution in [0.5, 0.6) is 0 Å². The van der Waals surface area contributed by atoms with Crippen LogP contribution >= 0.6 is 0 Å². The van der Waals surface area contributed by atoms with Crippen LogP contribution in [-0.2, 0) is 10.0 Å². The van der Waals surface area contributed by atoms with E-state index >= 15 is 0 Å². The van der Waals surface area contributed by atoms with Gasteiger partial charge in [0.15, 0.2) is 0 Å². The van der Waals surface area contributed by atoms with E-state index in [4.69, 9.17) is 5.84 Å². The molecule has 0 unspecified atom stereocenters. The molecular weight excluding hydrogens is 262 g/mol. The smallest absolute Gasteiger partial charge is 0.243 e. The van der Waals surface area contributed by atoms with Gasteiger partial charge < -0.3 is 5.43 Å². The second kappa shape index (κ2) is 5.90. The van der Waals surface area contributed by atoms with Crippen molar-refractivity contribution in [2.24, 2.45) is 11.8 Å². The molecule has 0 radical (unpaired) electrons. The van der Waals surface area contributed by atoms with Crippen LogP contribution in [0.4, 0.5) is 5.69 Å². The number of hydrogen-bond donors (Lipinski definition) is 2. The van der Waals surface area contributed by atoms with Gasteiger partial charge >= 0.3 is 0 Å². The van der Waals surface area contributed by atoms with Crippen molar-refractivity contribution < 1.29 is 8.42 Å². The third-order valence-electron chi connectivity index (χ3n) is 3.81. The molecule has 106 valence electrons. The Morgan fingerprint density at radius 1 is 1.26 bits per heavy atom. The highest BCUT2D eigenvalue weighted by Crippen LogP contribution is 2.25. The SMILES string of the molecule is CCC1CCN(S(=O)(=O)c2ccc(NN)cc2)CC1. The molecule has 1 heterocycles. The number of nitrogen functional groups attached to an aromatic ring is 1. The minimum Gasteiger partial charge on any atom is -0.324 e. The highest BCUT2D eigenvalue weighted by molar-refractivity contribution is 7.89. The predicted molar refractivity (Wildman–Crippen MR) is 76.0 cm³/mol. The summed E-state index contributed by atoms with van der Waals surface area (Å²) < 4.78 is 26.5. The standard InChI is InChI=1S/C13H21N3O2S/c1-2-11-7-9-16(10-8-11)19(17,18)13-5-3-12(15-14)4-6-13/h3-6,11,15H,2,7-10,14H2,1H3. The number of nitrogens with zero attached hydrogens (tertiary/aromatic N) is 1. The lowest BCUT2D eigenvalue weighted by molar-refractivity contribution is 0.269. The molecule has 0 aliphatic carbocycles. The zero-order valence-corrected chi connectivity index (χ0v) is 12.0. The Hall–Kier alpha value is -1.11. The summed E-state index contributed by atoms with van der Waals surface area (Å²) in [7, 11) is -3.35. The van der Waals surface area contributed by atoms with E-state index in [0.29, 0.717) is 29.6 Å². The number of anilines is 1. The molecule has 0 atom stereocenters. The maximum Gasteiger partial charge on any atom is 0.243 e. The average molecular weight is 283 g/mol. The van der Waals surface area contributed by atoms with E-state index in [-0.39, 0.29) is 0 Å². The monoisotopic (exact) mass is 283 g/mol. The molecule has 1 aliphatic rings. The maximum absolute atomic E-state index is 12.5. The molecule has 6 heteroatoms. The average Bonchev–Trinajstić information content (AvgIpc) is 2.47. The van der Waals surface area contributed by atoms with Crippen molar-refractivity contribution in [1.82, 2.24) is 4.31 Å². The Balaban J connectivity index is 2.13. The number of hydrogen-bond acceptors (Lipinski definition) is 4. The van der Waals surface area contributed by atoms with Gasteiger partial charge in [0, 0.05) is 18.8 Å².